The van der Waals surface area contributed by atoms with Crippen LogP contribution in [0.25, 0.3) is 0 Å². The van der Waals surface area contributed by atoms with Crippen molar-refractivity contribution in [3.05, 3.63) is 57.6 Å². The first kappa shape index (κ1) is 16.3. The average Bonchev–Trinajstić information content (AvgIpc) is 2.54. The minimum Gasteiger partial charge on any atom is -0.493 e. The van der Waals surface area contributed by atoms with Crippen LogP contribution in [0.4, 0.5) is 11.4 Å². The molecule has 2 rings (SSSR count). The summed E-state index contributed by atoms with van der Waals surface area (Å²) in [5, 5.41) is 13.5. The molecule has 7 nitrogen and oxygen atoms in total. The molecule has 0 saturated heterocycles. The van der Waals surface area contributed by atoms with Crippen molar-refractivity contribution in [3.8, 4) is 11.5 Å². The van der Waals surface area contributed by atoms with Crippen molar-refractivity contribution >= 4 is 17.3 Å². The largest absolute Gasteiger partial charge is 0.493 e. The molecule has 0 radical (unpaired) electrons. The highest BCUT2D eigenvalue weighted by Gasteiger charge is 2.14. The Morgan fingerprint density at radius 2 is 1.78 bits per heavy atom. The number of hydrogen-bond acceptors (Lipinski definition) is 5. The summed E-state index contributed by atoms with van der Waals surface area (Å²) in [4.78, 5) is 22.6. The summed E-state index contributed by atoms with van der Waals surface area (Å²) in [5.74, 6) is 0.678. The summed E-state index contributed by atoms with van der Waals surface area (Å²) in [6, 6.07) is 9.20. The lowest BCUT2D eigenvalue weighted by molar-refractivity contribution is -0.385. The fraction of sp³-hybridized carbons (Fsp3) is 0.188. The number of hydrogen-bond donors (Lipinski definition) is 1. The van der Waals surface area contributed by atoms with E-state index in [2.05, 4.69) is 5.32 Å². The Balaban J connectivity index is 2.22. The topological polar surface area (TPSA) is 90.7 Å². The molecule has 0 aliphatic carbocycles. The van der Waals surface area contributed by atoms with Crippen molar-refractivity contribution in [3.63, 3.8) is 0 Å². The number of methoxy groups -OCH3 is 2. The number of rotatable bonds is 5. The number of nitro groups is 1. The molecule has 2 aromatic rings. The molecule has 7 heteroatoms. The first-order valence-corrected chi connectivity index (χ1v) is 6.74. The molecule has 0 unspecified atom stereocenters. The molecule has 0 aromatic heterocycles. The lowest BCUT2D eigenvalue weighted by Gasteiger charge is -2.11. The highest BCUT2D eigenvalue weighted by molar-refractivity contribution is 6.04. The van der Waals surface area contributed by atoms with Crippen molar-refractivity contribution < 1.29 is 19.2 Å². The Hall–Kier alpha value is -3.09. The van der Waals surface area contributed by atoms with Gasteiger partial charge in [-0.25, -0.2) is 0 Å². The maximum atomic E-state index is 12.2. The van der Waals surface area contributed by atoms with E-state index in [1.165, 1.54) is 32.4 Å². The van der Waals surface area contributed by atoms with E-state index in [4.69, 9.17) is 9.47 Å². The van der Waals surface area contributed by atoms with Crippen LogP contribution < -0.4 is 14.8 Å². The number of ether oxygens (including phenoxy) is 2. The second-order valence-electron chi connectivity index (χ2n) is 4.78. The van der Waals surface area contributed by atoms with Gasteiger partial charge in [0.1, 0.15) is 0 Å². The van der Waals surface area contributed by atoms with Gasteiger partial charge in [-0.2, -0.15) is 0 Å². The lowest BCUT2D eigenvalue weighted by atomic mass is 10.1. The van der Waals surface area contributed by atoms with E-state index in [9.17, 15) is 14.9 Å². The van der Waals surface area contributed by atoms with Crippen LogP contribution in [0, 0.1) is 17.0 Å². The van der Waals surface area contributed by atoms with Crippen molar-refractivity contribution in [2.24, 2.45) is 0 Å². The van der Waals surface area contributed by atoms with Crippen LogP contribution >= 0.6 is 0 Å². The number of benzene rings is 2. The number of amides is 1. The summed E-state index contributed by atoms with van der Waals surface area (Å²) in [6.07, 6.45) is 0. The van der Waals surface area contributed by atoms with Gasteiger partial charge in [-0.1, -0.05) is 0 Å². The molecule has 0 saturated carbocycles. The van der Waals surface area contributed by atoms with Crippen LogP contribution in [-0.2, 0) is 0 Å². The third-order valence-corrected chi connectivity index (χ3v) is 3.30. The molecule has 0 atom stereocenters. The predicted molar refractivity (Wildman–Crippen MR) is 85.3 cm³/mol. The zero-order valence-corrected chi connectivity index (χ0v) is 13.0. The van der Waals surface area contributed by atoms with Crippen molar-refractivity contribution in [1.82, 2.24) is 0 Å². The van der Waals surface area contributed by atoms with Gasteiger partial charge in [-0.15, -0.1) is 0 Å². The van der Waals surface area contributed by atoms with Gasteiger partial charge in [0.25, 0.3) is 11.6 Å². The van der Waals surface area contributed by atoms with Gasteiger partial charge < -0.3 is 14.8 Å². The molecule has 0 fully saturated rings. The van der Waals surface area contributed by atoms with Gasteiger partial charge >= 0.3 is 0 Å². The molecule has 0 aliphatic rings. The van der Waals surface area contributed by atoms with Gasteiger partial charge in [0.05, 0.1) is 19.1 Å². The summed E-state index contributed by atoms with van der Waals surface area (Å²) < 4.78 is 10.3. The molecule has 2 aromatic carbocycles. The molecular weight excluding hydrogens is 300 g/mol. The van der Waals surface area contributed by atoms with Gasteiger partial charge in [0, 0.05) is 28.9 Å². The Morgan fingerprint density at radius 1 is 1.09 bits per heavy atom. The maximum absolute atomic E-state index is 12.2. The van der Waals surface area contributed by atoms with Crippen molar-refractivity contribution in [1.29, 1.82) is 0 Å². The SMILES string of the molecule is COc1ccc(NC(=O)c2ccc([N+](=O)[O-])c(C)c2)cc1OC. The number of nitrogens with zero attached hydrogens (tertiary/aromatic N) is 1. The number of carbonyl (C=O) groups excluding carboxylic acids is 1. The molecule has 1 amide bonds. The van der Waals surface area contributed by atoms with E-state index < -0.39 is 4.92 Å². The zero-order valence-electron chi connectivity index (χ0n) is 13.0. The summed E-state index contributed by atoms with van der Waals surface area (Å²) in [5.41, 5.74) is 1.27. The fourth-order valence-corrected chi connectivity index (χ4v) is 2.12. The smallest absolute Gasteiger partial charge is 0.272 e. The summed E-state index contributed by atoms with van der Waals surface area (Å²) >= 11 is 0. The molecule has 0 bridgehead atoms. The first-order chi connectivity index (χ1) is 11.0. The van der Waals surface area contributed by atoms with E-state index in [1.54, 1.807) is 25.1 Å². The standard InChI is InChI=1S/C16H16N2O5/c1-10-8-11(4-6-13(10)18(20)21)16(19)17-12-5-7-14(22-2)15(9-12)23-3/h4-9H,1-3H3,(H,17,19). The number of anilines is 1. The van der Waals surface area contributed by atoms with E-state index in [-0.39, 0.29) is 11.6 Å². The minimum absolute atomic E-state index is 0.0207. The third-order valence-electron chi connectivity index (χ3n) is 3.30. The van der Waals surface area contributed by atoms with Crippen molar-refractivity contribution in [2.75, 3.05) is 19.5 Å². The molecule has 0 aliphatic heterocycles. The Morgan fingerprint density at radius 3 is 2.35 bits per heavy atom. The highest BCUT2D eigenvalue weighted by Crippen LogP contribution is 2.30. The van der Waals surface area contributed by atoms with Crippen LogP contribution in [0.15, 0.2) is 36.4 Å². The van der Waals surface area contributed by atoms with Gasteiger partial charge in [0.15, 0.2) is 11.5 Å². The van der Waals surface area contributed by atoms with Crippen LogP contribution in [-0.4, -0.2) is 25.1 Å². The van der Waals surface area contributed by atoms with Gasteiger partial charge in [0.2, 0.25) is 0 Å². The average molecular weight is 316 g/mol. The zero-order chi connectivity index (χ0) is 17.0. The Bertz CT molecular complexity index is 758. The van der Waals surface area contributed by atoms with Gasteiger partial charge in [-0.05, 0) is 31.2 Å². The van der Waals surface area contributed by atoms with Crippen LogP contribution in [0.3, 0.4) is 0 Å². The highest BCUT2D eigenvalue weighted by atomic mass is 16.6. The molecular formula is C16H16N2O5. The second-order valence-corrected chi connectivity index (χ2v) is 4.78. The molecule has 0 heterocycles. The van der Waals surface area contributed by atoms with E-state index >= 15 is 0 Å². The lowest BCUT2D eigenvalue weighted by Crippen LogP contribution is -2.12. The van der Waals surface area contributed by atoms with E-state index in [0.717, 1.165) is 0 Å². The van der Waals surface area contributed by atoms with E-state index in [1.807, 2.05) is 0 Å². The Kier molecular flexibility index (Phi) is 4.80. The van der Waals surface area contributed by atoms with Gasteiger partial charge in [-0.3, -0.25) is 14.9 Å². The minimum atomic E-state index is -0.481. The fourth-order valence-electron chi connectivity index (χ4n) is 2.12. The number of carbonyl (C=O) groups is 1. The summed E-state index contributed by atoms with van der Waals surface area (Å²) in [6.45, 7) is 1.59. The quantitative estimate of drug-likeness (QED) is 0.676. The van der Waals surface area contributed by atoms with E-state index in [0.29, 0.717) is 28.3 Å². The number of aryl methyl sites for hydroxylation is 1. The molecule has 120 valence electrons. The van der Waals surface area contributed by atoms with Crippen molar-refractivity contribution in [2.45, 2.75) is 6.92 Å². The van der Waals surface area contributed by atoms with Crippen LogP contribution in [0.5, 0.6) is 11.5 Å². The normalized spacial score (nSPS) is 10.0. The predicted octanol–water partition coefficient (Wildman–Crippen LogP) is 3.17. The van der Waals surface area contributed by atoms with Crippen LogP contribution in [0.1, 0.15) is 15.9 Å². The summed E-state index contributed by atoms with van der Waals surface area (Å²) in [7, 11) is 3.03. The third kappa shape index (κ3) is 3.57. The first-order valence-electron chi connectivity index (χ1n) is 6.74. The molecule has 23 heavy (non-hydrogen) atoms. The number of nitrogens with one attached hydrogen (secondary N) is 1. The van der Waals surface area contributed by atoms with Crippen LogP contribution in [0.2, 0.25) is 0 Å². The molecule has 1 N–H and O–H groups in total. The maximum Gasteiger partial charge on any atom is 0.272 e. The Labute approximate surface area is 133 Å². The second kappa shape index (κ2) is 6.78. The molecule has 0 spiro atoms. The monoisotopic (exact) mass is 316 g/mol. The number of nitro benzene ring substituents is 1.